The summed E-state index contributed by atoms with van der Waals surface area (Å²) in [7, 11) is 0. The van der Waals surface area contributed by atoms with Gasteiger partial charge in [-0.2, -0.15) is 9.97 Å². The summed E-state index contributed by atoms with van der Waals surface area (Å²) in [5.41, 5.74) is 8.28. The molecule has 8 heteroatoms. The van der Waals surface area contributed by atoms with Crippen LogP contribution >= 0.6 is 11.8 Å². The van der Waals surface area contributed by atoms with Gasteiger partial charge in [0.05, 0.1) is 0 Å². The minimum Gasteiger partial charge on any atom is -0.354 e. The molecule has 0 saturated heterocycles. The van der Waals surface area contributed by atoms with Gasteiger partial charge in [0, 0.05) is 11.5 Å². The van der Waals surface area contributed by atoms with Crippen LogP contribution in [0.25, 0.3) is 10.4 Å². The average Bonchev–Trinajstić information content (AvgIpc) is 2.26. The van der Waals surface area contributed by atoms with Gasteiger partial charge in [-0.25, -0.2) is 4.98 Å². The lowest BCUT2D eigenvalue weighted by Gasteiger charge is -2.04. The molecule has 15 heavy (non-hydrogen) atoms. The molecule has 0 radical (unpaired) electrons. The lowest BCUT2D eigenvalue weighted by Crippen LogP contribution is -2.05. The second kappa shape index (κ2) is 6.05. The maximum Gasteiger partial charge on any atom is 0.227 e. The smallest absolute Gasteiger partial charge is 0.227 e. The first-order valence-electron chi connectivity index (χ1n) is 4.39. The van der Waals surface area contributed by atoms with Gasteiger partial charge in [-0.3, -0.25) is 0 Å². The second-order valence-electron chi connectivity index (χ2n) is 2.56. The fourth-order valence-electron chi connectivity index (χ4n) is 0.838. The van der Waals surface area contributed by atoms with Crippen LogP contribution < -0.4 is 5.32 Å². The van der Waals surface area contributed by atoms with Gasteiger partial charge in [0.25, 0.3) is 0 Å². The van der Waals surface area contributed by atoms with E-state index >= 15 is 0 Å². The lowest BCUT2D eigenvalue weighted by molar-refractivity contribution is 0.877. The van der Waals surface area contributed by atoms with Crippen LogP contribution in [-0.4, -0.2) is 27.8 Å². The van der Waals surface area contributed by atoms with Crippen LogP contribution in [0.5, 0.6) is 0 Å². The Morgan fingerprint density at radius 1 is 1.47 bits per heavy atom. The van der Waals surface area contributed by atoms with Crippen molar-refractivity contribution in [2.45, 2.75) is 18.5 Å². The number of hydrogen-bond donors (Lipinski definition) is 1. The topological polar surface area (TPSA) is 99.5 Å². The molecule has 0 unspecified atom stereocenters. The molecule has 0 atom stereocenters. The first-order chi connectivity index (χ1) is 7.30. The molecule has 1 N–H and O–H groups in total. The molecule has 1 aromatic rings. The average molecular weight is 225 g/mol. The van der Waals surface area contributed by atoms with E-state index in [1.807, 2.05) is 13.2 Å². The van der Waals surface area contributed by atoms with E-state index in [0.717, 1.165) is 13.0 Å². The molecule has 1 aromatic heterocycles. The molecule has 80 valence electrons. The van der Waals surface area contributed by atoms with Crippen LogP contribution in [0.2, 0.25) is 0 Å². The Balaban J connectivity index is 2.94. The highest BCUT2D eigenvalue weighted by molar-refractivity contribution is 7.98. The Bertz CT molecular complexity index is 374. The minimum absolute atomic E-state index is 0.0930. The van der Waals surface area contributed by atoms with E-state index in [4.69, 9.17) is 5.53 Å². The van der Waals surface area contributed by atoms with Crippen LogP contribution in [0.15, 0.2) is 10.3 Å². The lowest BCUT2D eigenvalue weighted by atomic mass is 10.5. The summed E-state index contributed by atoms with van der Waals surface area (Å²) >= 11 is 1.37. The van der Waals surface area contributed by atoms with Crippen molar-refractivity contribution in [3.05, 3.63) is 10.4 Å². The van der Waals surface area contributed by atoms with Gasteiger partial charge in [-0.15, -0.1) is 0 Å². The van der Waals surface area contributed by atoms with Crippen molar-refractivity contribution in [2.24, 2.45) is 5.11 Å². The number of thioether (sulfide) groups is 1. The van der Waals surface area contributed by atoms with Crippen molar-refractivity contribution < 1.29 is 0 Å². The highest BCUT2D eigenvalue weighted by Crippen LogP contribution is 2.15. The third-order valence-corrected chi connectivity index (χ3v) is 2.00. The number of anilines is 1. The fraction of sp³-hybridized carbons (Fsp3) is 0.571. The predicted molar refractivity (Wildman–Crippen MR) is 59.2 cm³/mol. The first kappa shape index (κ1) is 11.5. The van der Waals surface area contributed by atoms with E-state index in [2.05, 4.69) is 30.3 Å². The normalized spacial score (nSPS) is 9.47. The highest BCUT2D eigenvalue weighted by atomic mass is 32.2. The summed E-state index contributed by atoms with van der Waals surface area (Å²) in [4.78, 5) is 14.6. The van der Waals surface area contributed by atoms with Crippen LogP contribution in [0.1, 0.15) is 13.3 Å². The fourth-order valence-corrected chi connectivity index (χ4v) is 1.19. The second-order valence-corrected chi connectivity index (χ2v) is 3.34. The summed E-state index contributed by atoms with van der Waals surface area (Å²) in [6, 6.07) is 0. The van der Waals surface area contributed by atoms with Crippen LogP contribution in [0.3, 0.4) is 0 Å². The van der Waals surface area contributed by atoms with Gasteiger partial charge in [-0.1, -0.05) is 18.7 Å². The molecule has 0 aliphatic carbocycles. The highest BCUT2D eigenvalue weighted by Gasteiger charge is 2.03. The molecule has 0 saturated carbocycles. The molecule has 0 aliphatic rings. The maximum atomic E-state index is 8.28. The molecule has 0 aromatic carbocycles. The monoisotopic (exact) mass is 225 g/mol. The van der Waals surface area contributed by atoms with Crippen molar-refractivity contribution in [2.75, 3.05) is 18.1 Å². The summed E-state index contributed by atoms with van der Waals surface area (Å²) in [6.07, 6.45) is 2.82. The van der Waals surface area contributed by atoms with Gasteiger partial charge >= 0.3 is 0 Å². The van der Waals surface area contributed by atoms with Gasteiger partial charge in [0.1, 0.15) is 0 Å². The molecule has 0 spiro atoms. The Morgan fingerprint density at radius 2 is 2.27 bits per heavy atom. The van der Waals surface area contributed by atoms with Crippen molar-refractivity contribution >= 4 is 23.7 Å². The van der Waals surface area contributed by atoms with Gasteiger partial charge < -0.3 is 5.32 Å². The minimum atomic E-state index is 0.0930. The van der Waals surface area contributed by atoms with E-state index in [9.17, 15) is 0 Å². The van der Waals surface area contributed by atoms with Crippen LogP contribution in [-0.2, 0) is 0 Å². The maximum absolute atomic E-state index is 8.28. The number of rotatable bonds is 5. The Kier molecular flexibility index (Phi) is 4.65. The molecule has 0 aliphatic heterocycles. The van der Waals surface area contributed by atoms with Crippen molar-refractivity contribution in [1.29, 1.82) is 0 Å². The molecule has 1 heterocycles. The first-order valence-corrected chi connectivity index (χ1v) is 5.61. The zero-order valence-electron chi connectivity index (χ0n) is 8.51. The van der Waals surface area contributed by atoms with Crippen molar-refractivity contribution in [3.8, 4) is 0 Å². The Morgan fingerprint density at radius 3 is 2.87 bits per heavy atom. The molecule has 7 nitrogen and oxygen atoms in total. The van der Waals surface area contributed by atoms with E-state index in [1.54, 1.807) is 0 Å². The van der Waals surface area contributed by atoms with E-state index in [1.165, 1.54) is 11.8 Å². The number of nitrogens with zero attached hydrogens (tertiary/aromatic N) is 6. The Labute approximate surface area is 91.4 Å². The predicted octanol–water partition coefficient (Wildman–Crippen LogP) is 2.36. The third kappa shape index (κ3) is 3.61. The number of hydrogen-bond acceptors (Lipinski definition) is 6. The molecule has 0 amide bonds. The summed E-state index contributed by atoms with van der Waals surface area (Å²) in [5, 5.41) is 6.89. The number of azide groups is 1. The molecular formula is C7H11N7S. The largest absolute Gasteiger partial charge is 0.354 e. The standard InChI is InChI=1S/C7H11N7S/c1-3-4-9-5-10-6(13-14-8)12-7(11-5)15-2/h3-4H2,1-2H3,(H,9,10,11,12). The summed E-state index contributed by atoms with van der Waals surface area (Å²) in [5.74, 6) is 0.536. The van der Waals surface area contributed by atoms with E-state index < -0.39 is 0 Å². The van der Waals surface area contributed by atoms with Gasteiger partial charge in [0.15, 0.2) is 5.16 Å². The summed E-state index contributed by atoms with van der Waals surface area (Å²) < 4.78 is 0. The van der Waals surface area contributed by atoms with Crippen LogP contribution in [0, 0.1) is 0 Å². The third-order valence-electron chi connectivity index (χ3n) is 1.45. The van der Waals surface area contributed by atoms with E-state index in [-0.39, 0.29) is 5.95 Å². The molecule has 1 rings (SSSR count). The number of nitrogens with one attached hydrogen (secondary N) is 1. The van der Waals surface area contributed by atoms with Crippen LogP contribution in [0.4, 0.5) is 11.9 Å². The summed E-state index contributed by atoms with van der Waals surface area (Å²) in [6.45, 7) is 2.81. The molecule has 0 fully saturated rings. The van der Waals surface area contributed by atoms with E-state index in [0.29, 0.717) is 11.1 Å². The van der Waals surface area contributed by atoms with Gasteiger partial charge in [-0.05, 0) is 23.3 Å². The van der Waals surface area contributed by atoms with Crippen molar-refractivity contribution in [1.82, 2.24) is 15.0 Å². The number of aromatic nitrogens is 3. The SMILES string of the molecule is CCCNc1nc(N=[N+]=[N-])nc(SC)n1. The zero-order chi connectivity index (χ0) is 11.1. The zero-order valence-corrected chi connectivity index (χ0v) is 9.32. The van der Waals surface area contributed by atoms with Crippen molar-refractivity contribution in [3.63, 3.8) is 0 Å². The Hall–Kier alpha value is -1.53. The van der Waals surface area contributed by atoms with Gasteiger partial charge in [0.2, 0.25) is 11.9 Å². The quantitative estimate of drug-likeness (QED) is 0.359. The molecule has 0 bridgehead atoms. The molecular weight excluding hydrogens is 214 g/mol.